The summed E-state index contributed by atoms with van der Waals surface area (Å²) in [6, 6.07) is 0. The van der Waals surface area contributed by atoms with Crippen LogP contribution >= 0.6 is 0 Å². The Morgan fingerprint density at radius 3 is 2.36 bits per heavy atom. The third-order valence-corrected chi connectivity index (χ3v) is 5.25. The van der Waals surface area contributed by atoms with E-state index in [0.29, 0.717) is 6.42 Å². The molecule has 0 radical (unpaired) electrons. The van der Waals surface area contributed by atoms with Crippen LogP contribution in [0.2, 0.25) is 0 Å². The van der Waals surface area contributed by atoms with Crippen molar-refractivity contribution in [1.82, 2.24) is 10.2 Å². The third-order valence-electron chi connectivity index (χ3n) is 5.25. The summed E-state index contributed by atoms with van der Waals surface area (Å²) >= 11 is 0. The number of rotatable bonds is 6. The Bertz CT molecular complexity index is 354. The van der Waals surface area contributed by atoms with Crippen LogP contribution < -0.4 is 5.32 Å². The monoisotopic (exact) mass is 310 g/mol. The Kier molecular flexibility index (Phi) is 6.27. The van der Waals surface area contributed by atoms with Crippen molar-refractivity contribution in [1.29, 1.82) is 0 Å². The molecule has 0 aromatic heterocycles. The minimum Gasteiger partial charge on any atom is -0.373 e. The van der Waals surface area contributed by atoms with E-state index in [2.05, 4.69) is 37.9 Å². The molecule has 0 unspecified atom stereocenters. The molecule has 2 fully saturated rings. The standard InChI is InChI=1S/C18H34N2O2/c1-14-11-20(12-15(2)22-14)18(3,4)13-19-17(21)10-9-16-7-5-6-8-16/h14-16H,5-13H2,1-4H3,(H,19,21)/t14-,15-/m1/s1. The zero-order chi connectivity index (χ0) is 16.2. The van der Waals surface area contributed by atoms with Gasteiger partial charge in [0.25, 0.3) is 0 Å². The van der Waals surface area contributed by atoms with E-state index < -0.39 is 0 Å². The number of hydrogen-bond donors (Lipinski definition) is 1. The number of amides is 1. The summed E-state index contributed by atoms with van der Waals surface area (Å²) in [6.07, 6.45) is 7.64. The lowest BCUT2D eigenvalue weighted by molar-refractivity contribution is -0.123. The molecule has 4 nitrogen and oxygen atoms in total. The highest BCUT2D eigenvalue weighted by molar-refractivity contribution is 5.75. The molecule has 2 rings (SSSR count). The van der Waals surface area contributed by atoms with Gasteiger partial charge in [0.2, 0.25) is 5.91 Å². The molecule has 2 aliphatic rings. The third kappa shape index (κ3) is 5.24. The number of carbonyl (C=O) groups excluding carboxylic acids is 1. The van der Waals surface area contributed by atoms with E-state index in [9.17, 15) is 4.79 Å². The summed E-state index contributed by atoms with van der Waals surface area (Å²) in [4.78, 5) is 14.6. The predicted molar refractivity (Wildman–Crippen MR) is 89.9 cm³/mol. The van der Waals surface area contributed by atoms with Crippen LogP contribution in [-0.2, 0) is 9.53 Å². The van der Waals surface area contributed by atoms with Crippen molar-refractivity contribution in [2.45, 2.75) is 84.0 Å². The van der Waals surface area contributed by atoms with Gasteiger partial charge in [0.05, 0.1) is 12.2 Å². The van der Waals surface area contributed by atoms with Crippen molar-refractivity contribution < 1.29 is 9.53 Å². The molecule has 22 heavy (non-hydrogen) atoms. The molecule has 1 aliphatic heterocycles. The summed E-state index contributed by atoms with van der Waals surface area (Å²) in [5, 5.41) is 3.15. The first-order valence-corrected chi connectivity index (χ1v) is 9.04. The van der Waals surface area contributed by atoms with Crippen LogP contribution in [-0.4, -0.2) is 48.2 Å². The van der Waals surface area contributed by atoms with Crippen LogP contribution in [0.3, 0.4) is 0 Å². The van der Waals surface area contributed by atoms with Gasteiger partial charge in [-0.05, 0) is 40.0 Å². The molecular weight excluding hydrogens is 276 g/mol. The van der Waals surface area contributed by atoms with E-state index in [1.807, 2.05) is 0 Å². The Morgan fingerprint density at radius 1 is 1.18 bits per heavy atom. The van der Waals surface area contributed by atoms with E-state index in [-0.39, 0.29) is 23.7 Å². The maximum atomic E-state index is 12.1. The molecule has 1 saturated carbocycles. The van der Waals surface area contributed by atoms with Gasteiger partial charge in [-0.1, -0.05) is 25.7 Å². The van der Waals surface area contributed by atoms with Crippen LogP contribution in [0, 0.1) is 5.92 Å². The van der Waals surface area contributed by atoms with Crippen molar-refractivity contribution in [2.75, 3.05) is 19.6 Å². The van der Waals surface area contributed by atoms with E-state index >= 15 is 0 Å². The highest BCUT2D eigenvalue weighted by Gasteiger charge is 2.33. The zero-order valence-electron chi connectivity index (χ0n) is 14.9. The van der Waals surface area contributed by atoms with Gasteiger partial charge in [-0.15, -0.1) is 0 Å². The molecule has 1 amide bonds. The van der Waals surface area contributed by atoms with Crippen LogP contribution in [0.25, 0.3) is 0 Å². The van der Waals surface area contributed by atoms with Gasteiger partial charge in [0.1, 0.15) is 0 Å². The van der Waals surface area contributed by atoms with E-state index in [1.165, 1.54) is 25.7 Å². The van der Waals surface area contributed by atoms with Crippen molar-refractivity contribution in [3.63, 3.8) is 0 Å². The van der Waals surface area contributed by atoms with Gasteiger partial charge in [-0.25, -0.2) is 0 Å². The summed E-state index contributed by atoms with van der Waals surface area (Å²) in [6.45, 7) is 11.3. The second-order valence-electron chi connectivity index (χ2n) is 7.94. The van der Waals surface area contributed by atoms with Crippen molar-refractivity contribution in [3.8, 4) is 0 Å². The predicted octanol–water partition coefficient (Wildman–Crippen LogP) is 2.96. The molecular formula is C18H34N2O2. The summed E-state index contributed by atoms with van der Waals surface area (Å²) in [7, 11) is 0. The van der Waals surface area contributed by atoms with Gasteiger partial charge < -0.3 is 10.1 Å². The maximum absolute atomic E-state index is 12.1. The fourth-order valence-corrected chi connectivity index (χ4v) is 3.82. The van der Waals surface area contributed by atoms with Gasteiger partial charge in [0, 0.05) is 31.6 Å². The number of ether oxygens (including phenoxy) is 1. The second kappa shape index (κ2) is 7.78. The van der Waals surface area contributed by atoms with Crippen molar-refractivity contribution in [3.05, 3.63) is 0 Å². The lowest BCUT2D eigenvalue weighted by Gasteiger charge is -2.45. The molecule has 1 aliphatic carbocycles. The van der Waals surface area contributed by atoms with Crippen molar-refractivity contribution >= 4 is 5.91 Å². The van der Waals surface area contributed by atoms with Gasteiger partial charge in [0.15, 0.2) is 0 Å². The molecule has 4 heteroatoms. The van der Waals surface area contributed by atoms with Gasteiger partial charge in [-0.2, -0.15) is 0 Å². The van der Waals surface area contributed by atoms with Gasteiger partial charge in [-0.3, -0.25) is 9.69 Å². The van der Waals surface area contributed by atoms with Crippen LogP contribution in [0.1, 0.15) is 66.2 Å². The highest BCUT2D eigenvalue weighted by Crippen LogP contribution is 2.28. The normalized spacial score (nSPS) is 28.0. The Morgan fingerprint density at radius 2 is 1.77 bits per heavy atom. The van der Waals surface area contributed by atoms with Crippen molar-refractivity contribution in [2.24, 2.45) is 5.92 Å². The first-order valence-electron chi connectivity index (χ1n) is 9.04. The lowest BCUT2D eigenvalue weighted by Crippen LogP contribution is -2.58. The molecule has 128 valence electrons. The Balaban J connectivity index is 1.72. The van der Waals surface area contributed by atoms with E-state index in [0.717, 1.165) is 32.0 Å². The average molecular weight is 310 g/mol. The molecule has 0 aromatic rings. The summed E-state index contributed by atoms with van der Waals surface area (Å²) in [5.41, 5.74) is -0.0185. The molecule has 1 heterocycles. The maximum Gasteiger partial charge on any atom is 0.220 e. The number of morpholine rings is 1. The smallest absolute Gasteiger partial charge is 0.220 e. The van der Waals surface area contributed by atoms with Crippen LogP contribution in [0.5, 0.6) is 0 Å². The quantitative estimate of drug-likeness (QED) is 0.820. The minimum atomic E-state index is -0.0185. The summed E-state index contributed by atoms with van der Waals surface area (Å²) in [5.74, 6) is 1.01. The van der Waals surface area contributed by atoms with Gasteiger partial charge >= 0.3 is 0 Å². The number of nitrogens with zero attached hydrogens (tertiary/aromatic N) is 1. The zero-order valence-corrected chi connectivity index (χ0v) is 14.9. The molecule has 0 bridgehead atoms. The SMILES string of the molecule is C[C@@H]1CN(C(C)(C)CNC(=O)CCC2CCCC2)C[C@@H](C)O1. The average Bonchev–Trinajstić information content (AvgIpc) is 2.95. The molecule has 1 N–H and O–H groups in total. The number of nitrogens with one attached hydrogen (secondary N) is 1. The number of hydrogen-bond acceptors (Lipinski definition) is 3. The Labute approximate surface area is 136 Å². The minimum absolute atomic E-state index is 0.0185. The fraction of sp³-hybridized carbons (Fsp3) is 0.944. The van der Waals surface area contributed by atoms with Crippen LogP contribution in [0.4, 0.5) is 0 Å². The summed E-state index contributed by atoms with van der Waals surface area (Å²) < 4.78 is 5.80. The Hall–Kier alpha value is -0.610. The second-order valence-corrected chi connectivity index (χ2v) is 7.94. The fourth-order valence-electron chi connectivity index (χ4n) is 3.82. The largest absolute Gasteiger partial charge is 0.373 e. The first kappa shape index (κ1) is 17.7. The first-order chi connectivity index (χ1) is 10.4. The molecule has 0 spiro atoms. The highest BCUT2D eigenvalue weighted by atomic mass is 16.5. The lowest BCUT2D eigenvalue weighted by atomic mass is 9.99. The molecule has 0 aromatic carbocycles. The topological polar surface area (TPSA) is 41.6 Å². The van der Waals surface area contributed by atoms with E-state index in [1.54, 1.807) is 0 Å². The molecule has 2 atom stereocenters. The molecule has 1 saturated heterocycles. The number of carbonyl (C=O) groups is 1. The van der Waals surface area contributed by atoms with E-state index in [4.69, 9.17) is 4.74 Å². The van der Waals surface area contributed by atoms with Crippen LogP contribution in [0.15, 0.2) is 0 Å².